The smallest absolute Gasteiger partial charge is 0.0408 e. The fourth-order valence-electron chi connectivity index (χ4n) is 2.61. The standard InChI is InChI=1S/C19H24ClN/c1-14(2)18-8-6-15(7-9-18)10-17(13-21)11-16-4-3-5-19(20)12-16/h3-9,12,14,17H,10-11,13,21H2,1-2H3. The minimum Gasteiger partial charge on any atom is -0.330 e. The number of hydrogen-bond donors (Lipinski definition) is 1. The first kappa shape index (κ1) is 16.1. The third kappa shape index (κ3) is 4.87. The summed E-state index contributed by atoms with van der Waals surface area (Å²) in [6, 6.07) is 17.0. The molecule has 2 aromatic rings. The molecule has 0 heterocycles. The van der Waals surface area contributed by atoms with Crippen molar-refractivity contribution in [2.75, 3.05) is 6.54 Å². The quantitative estimate of drug-likeness (QED) is 0.813. The van der Waals surface area contributed by atoms with E-state index in [1.165, 1.54) is 16.7 Å². The van der Waals surface area contributed by atoms with Crippen LogP contribution in [0.5, 0.6) is 0 Å². The van der Waals surface area contributed by atoms with Crippen LogP contribution in [0.2, 0.25) is 5.02 Å². The van der Waals surface area contributed by atoms with Gasteiger partial charge in [-0.3, -0.25) is 0 Å². The number of nitrogens with two attached hydrogens (primary N) is 1. The van der Waals surface area contributed by atoms with Crippen molar-refractivity contribution in [3.63, 3.8) is 0 Å². The molecule has 2 N–H and O–H groups in total. The predicted molar refractivity (Wildman–Crippen MR) is 91.9 cm³/mol. The molecule has 0 spiro atoms. The molecule has 1 atom stereocenters. The van der Waals surface area contributed by atoms with Crippen LogP contribution in [0.25, 0.3) is 0 Å². The molecular weight excluding hydrogens is 278 g/mol. The molecule has 1 unspecified atom stereocenters. The van der Waals surface area contributed by atoms with Crippen molar-refractivity contribution in [2.45, 2.75) is 32.6 Å². The van der Waals surface area contributed by atoms with Gasteiger partial charge in [-0.25, -0.2) is 0 Å². The summed E-state index contributed by atoms with van der Waals surface area (Å²) in [5.74, 6) is 1.03. The molecule has 112 valence electrons. The van der Waals surface area contributed by atoms with Crippen LogP contribution in [0.15, 0.2) is 48.5 Å². The highest BCUT2D eigenvalue weighted by Gasteiger charge is 2.10. The normalized spacial score (nSPS) is 12.6. The highest BCUT2D eigenvalue weighted by Crippen LogP contribution is 2.19. The van der Waals surface area contributed by atoms with Gasteiger partial charge in [-0.15, -0.1) is 0 Å². The zero-order valence-electron chi connectivity index (χ0n) is 12.9. The SMILES string of the molecule is CC(C)c1ccc(CC(CN)Cc2cccc(Cl)c2)cc1. The Kier molecular flexibility index (Phi) is 5.84. The second-order valence-electron chi connectivity index (χ2n) is 6.04. The monoisotopic (exact) mass is 301 g/mol. The van der Waals surface area contributed by atoms with Gasteiger partial charge in [0.15, 0.2) is 0 Å². The first-order chi connectivity index (χ1) is 10.1. The van der Waals surface area contributed by atoms with E-state index in [0.29, 0.717) is 18.4 Å². The molecule has 2 rings (SSSR count). The molecule has 0 amide bonds. The van der Waals surface area contributed by atoms with Crippen LogP contribution in [-0.2, 0) is 12.8 Å². The van der Waals surface area contributed by atoms with Crippen LogP contribution in [-0.4, -0.2) is 6.54 Å². The lowest BCUT2D eigenvalue weighted by molar-refractivity contribution is 0.533. The van der Waals surface area contributed by atoms with Gasteiger partial charge in [0.25, 0.3) is 0 Å². The van der Waals surface area contributed by atoms with Crippen LogP contribution in [0, 0.1) is 5.92 Å². The molecule has 2 aromatic carbocycles. The Hall–Kier alpha value is -1.31. The molecule has 0 aromatic heterocycles. The highest BCUT2D eigenvalue weighted by atomic mass is 35.5. The van der Waals surface area contributed by atoms with Gasteiger partial charge in [0.1, 0.15) is 0 Å². The van der Waals surface area contributed by atoms with Gasteiger partial charge in [0.05, 0.1) is 0 Å². The summed E-state index contributed by atoms with van der Waals surface area (Å²) in [7, 11) is 0. The summed E-state index contributed by atoms with van der Waals surface area (Å²) in [6.45, 7) is 5.13. The summed E-state index contributed by atoms with van der Waals surface area (Å²) >= 11 is 6.05. The second kappa shape index (κ2) is 7.63. The van der Waals surface area contributed by atoms with E-state index in [9.17, 15) is 0 Å². The van der Waals surface area contributed by atoms with Crippen LogP contribution < -0.4 is 5.73 Å². The fourth-order valence-corrected chi connectivity index (χ4v) is 2.82. The van der Waals surface area contributed by atoms with E-state index in [1.54, 1.807) is 0 Å². The average molecular weight is 302 g/mol. The number of rotatable bonds is 6. The Morgan fingerprint density at radius 1 is 0.952 bits per heavy atom. The molecule has 21 heavy (non-hydrogen) atoms. The maximum Gasteiger partial charge on any atom is 0.0408 e. The van der Waals surface area contributed by atoms with Crippen LogP contribution in [0.4, 0.5) is 0 Å². The second-order valence-corrected chi connectivity index (χ2v) is 6.47. The van der Waals surface area contributed by atoms with E-state index in [2.05, 4.69) is 44.2 Å². The van der Waals surface area contributed by atoms with Gasteiger partial charge in [0.2, 0.25) is 0 Å². The third-order valence-corrected chi connectivity index (χ3v) is 4.15. The summed E-state index contributed by atoms with van der Waals surface area (Å²) in [6.07, 6.45) is 1.99. The molecule has 0 radical (unpaired) electrons. The van der Waals surface area contributed by atoms with E-state index >= 15 is 0 Å². The lowest BCUT2D eigenvalue weighted by Crippen LogP contribution is -2.19. The third-order valence-electron chi connectivity index (χ3n) is 3.92. The Bertz CT molecular complexity index is 560. The lowest BCUT2D eigenvalue weighted by Gasteiger charge is -2.16. The van der Waals surface area contributed by atoms with E-state index in [0.717, 1.165) is 17.9 Å². The van der Waals surface area contributed by atoms with Crippen molar-refractivity contribution in [1.29, 1.82) is 0 Å². The molecular formula is C19H24ClN. The van der Waals surface area contributed by atoms with Gasteiger partial charge >= 0.3 is 0 Å². The average Bonchev–Trinajstić information content (AvgIpc) is 2.47. The van der Waals surface area contributed by atoms with E-state index in [1.807, 2.05) is 18.2 Å². The first-order valence-corrected chi connectivity index (χ1v) is 7.99. The highest BCUT2D eigenvalue weighted by molar-refractivity contribution is 6.30. The Balaban J connectivity index is 2.01. The molecule has 0 fully saturated rings. The van der Waals surface area contributed by atoms with E-state index in [-0.39, 0.29) is 0 Å². The molecule has 2 heteroatoms. The minimum atomic E-state index is 0.452. The summed E-state index contributed by atoms with van der Waals surface area (Å²) in [4.78, 5) is 0. The van der Waals surface area contributed by atoms with Crippen molar-refractivity contribution in [2.24, 2.45) is 11.7 Å². The van der Waals surface area contributed by atoms with Gasteiger partial charge in [-0.05, 0) is 60.0 Å². The van der Waals surface area contributed by atoms with Crippen molar-refractivity contribution in [1.82, 2.24) is 0 Å². The summed E-state index contributed by atoms with van der Waals surface area (Å²) in [5.41, 5.74) is 9.96. The van der Waals surface area contributed by atoms with Crippen LogP contribution in [0.1, 0.15) is 36.5 Å². The predicted octanol–water partition coefficient (Wildman–Crippen LogP) is 4.82. The fraction of sp³-hybridized carbons (Fsp3) is 0.368. The molecule has 0 aliphatic rings. The largest absolute Gasteiger partial charge is 0.330 e. The van der Waals surface area contributed by atoms with Gasteiger partial charge in [-0.2, -0.15) is 0 Å². The molecule has 1 nitrogen and oxygen atoms in total. The van der Waals surface area contributed by atoms with Crippen molar-refractivity contribution >= 4 is 11.6 Å². The summed E-state index contributed by atoms with van der Waals surface area (Å²) in [5, 5.41) is 0.796. The zero-order chi connectivity index (χ0) is 15.2. The first-order valence-electron chi connectivity index (χ1n) is 7.62. The lowest BCUT2D eigenvalue weighted by atomic mass is 9.91. The Morgan fingerprint density at radius 3 is 2.19 bits per heavy atom. The number of halogens is 1. The molecule has 0 aliphatic carbocycles. The topological polar surface area (TPSA) is 26.0 Å². The van der Waals surface area contributed by atoms with Gasteiger partial charge < -0.3 is 5.73 Å². The maximum absolute atomic E-state index is 6.05. The maximum atomic E-state index is 6.05. The number of benzene rings is 2. The minimum absolute atomic E-state index is 0.452. The molecule has 0 saturated carbocycles. The van der Waals surface area contributed by atoms with Crippen molar-refractivity contribution in [3.8, 4) is 0 Å². The van der Waals surface area contributed by atoms with Crippen molar-refractivity contribution < 1.29 is 0 Å². The molecule has 0 aliphatic heterocycles. The molecule has 0 bridgehead atoms. The van der Waals surface area contributed by atoms with Gasteiger partial charge in [0, 0.05) is 5.02 Å². The van der Waals surface area contributed by atoms with Crippen LogP contribution >= 0.6 is 11.6 Å². The Labute approximate surface area is 133 Å². The molecule has 0 saturated heterocycles. The van der Waals surface area contributed by atoms with E-state index in [4.69, 9.17) is 17.3 Å². The van der Waals surface area contributed by atoms with E-state index < -0.39 is 0 Å². The van der Waals surface area contributed by atoms with Gasteiger partial charge in [-0.1, -0.05) is 61.8 Å². The number of hydrogen-bond acceptors (Lipinski definition) is 1. The van der Waals surface area contributed by atoms with Crippen molar-refractivity contribution in [3.05, 3.63) is 70.2 Å². The van der Waals surface area contributed by atoms with Crippen LogP contribution in [0.3, 0.4) is 0 Å². The summed E-state index contributed by atoms with van der Waals surface area (Å²) < 4.78 is 0. The Morgan fingerprint density at radius 2 is 1.62 bits per heavy atom. The zero-order valence-corrected chi connectivity index (χ0v) is 13.6.